The maximum atomic E-state index is 13.2. The first-order valence-corrected chi connectivity index (χ1v) is 26.5. The topological polar surface area (TPSA) is 313 Å². The number of fused-ring (bicyclic) bond motifs is 7. The number of aliphatic hydroxyl groups is 10. The zero-order valence-electron chi connectivity index (χ0n) is 43.1. The van der Waals surface area contributed by atoms with E-state index in [2.05, 4.69) is 54.5 Å². The van der Waals surface area contributed by atoms with E-state index >= 15 is 0 Å². The van der Waals surface area contributed by atoms with Crippen LogP contribution >= 0.6 is 0 Å². The fourth-order valence-electron chi connectivity index (χ4n) is 16.0. The van der Waals surface area contributed by atoms with Crippen molar-refractivity contribution in [2.24, 2.45) is 50.2 Å². The second-order valence-corrected chi connectivity index (χ2v) is 25.4. The highest BCUT2D eigenvalue weighted by molar-refractivity contribution is 5.76. The number of carboxylic acid groups (broad SMARTS) is 1. The molecule has 4 saturated carbocycles. The van der Waals surface area contributed by atoms with Crippen LogP contribution in [0.15, 0.2) is 11.6 Å². The minimum Gasteiger partial charge on any atom is -0.481 e. The Labute approximate surface area is 421 Å². The number of rotatable bonds is 10. The van der Waals surface area contributed by atoms with Gasteiger partial charge in [0.2, 0.25) is 0 Å². The Morgan fingerprint density at radius 1 is 0.639 bits per heavy atom. The third-order valence-corrected chi connectivity index (χ3v) is 20.7. The molecule has 412 valence electrons. The summed E-state index contributed by atoms with van der Waals surface area (Å²) in [5.74, 6) is -0.0524. The molecule has 20 nitrogen and oxygen atoms in total. The summed E-state index contributed by atoms with van der Waals surface area (Å²) in [6, 6.07) is 0. The Kier molecular flexibility index (Phi) is 15.2. The molecular weight excluding hydrogens is 945 g/mol. The van der Waals surface area contributed by atoms with Crippen LogP contribution in [0.5, 0.6) is 0 Å². The lowest BCUT2D eigenvalue weighted by Gasteiger charge is -2.71. The second kappa shape index (κ2) is 19.7. The SMILES string of the molecule is C[C@@H]1O[C@@H](O[C@H]2[C@H](O[C@H]3CC[C@@]4(C)C(CC[C@]5(C)C4CC=C4C6CC(C)(C)CC[C@]6(C(=O)O)CC[C@]45C)C3(C)C)OC[C@H](O)[C@@H]2O)[C@H](O)[C@H](O[C@@H]2OC[C@@H](O[C@@H]3O[C@H](CO)[C@@H](O)[C@H](O)[C@H]3O)[C@H](O)[C@@H]2O)[C@H]1O. The van der Waals surface area contributed by atoms with E-state index in [-0.39, 0.29) is 46.2 Å². The molecule has 11 N–H and O–H groups in total. The molecule has 0 amide bonds. The zero-order valence-corrected chi connectivity index (χ0v) is 43.1. The van der Waals surface area contributed by atoms with Gasteiger partial charge < -0.3 is 94.1 Å². The molecule has 0 radical (unpaired) electrons. The van der Waals surface area contributed by atoms with Gasteiger partial charge in [0, 0.05) is 0 Å². The van der Waals surface area contributed by atoms with Gasteiger partial charge in [0.15, 0.2) is 25.2 Å². The van der Waals surface area contributed by atoms with Gasteiger partial charge in [0.1, 0.15) is 79.4 Å². The number of ether oxygens (including phenoxy) is 8. The maximum absolute atomic E-state index is 13.2. The van der Waals surface area contributed by atoms with E-state index in [9.17, 15) is 61.0 Å². The van der Waals surface area contributed by atoms with Crippen LogP contribution in [-0.4, -0.2) is 199 Å². The van der Waals surface area contributed by atoms with Crippen molar-refractivity contribution in [1.29, 1.82) is 0 Å². The number of aliphatic hydroxyl groups excluding tert-OH is 10. The summed E-state index contributed by atoms with van der Waals surface area (Å²) in [6.07, 6.45) is -17.4. The first-order chi connectivity index (χ1) is 33.7. The minimum atomic E-state index is -1.86. The summed E-state index contributed by atoms with van der Waals surface area (Å²) < 4.78 is 47.8. The van der Waals surface area contributed by atoms with Gasteiger partial charge in [-0.15, -0.1) is 0 Å². The van der Waals surface area contributed by atoms with Gasteiger partial charge in [0.25, 0.3) is 0 Å². The van der Waals surface area contributed by atoms with Crippen molar-refractivity contribution in [2.45, 2.75) is 236 Å². The Bertz CT molecular complexity index is 1990. The predicted octanol–water partition coefficient (Wildman–Crippen LogP) is 0.836. The predicted molar refractivity (Wildman–Crippen MR) is 250 cm³/mol. The Morgan fingerprint density at radius 3 is 1.99 bits per heavy atom. The van der Waals surface area contributed by atoms with Crippen molar-refractivity contribution in [3.63, 3.8) is 0 Å². The van der Waals surface area contributed by atoms with Crippen molar-refractivity contribution < 1.29 is 98.9 Å². The summed E-state index contributed by atoms with van der Waals surface area (Å²) in [6.45, 7) is 16.4. The lowest BCUT2D eigenvalue weighted by Crippen LogP contribution is -2.66. The van der Waals surface area contributed by atoms with Gasteiger partial charge in [0.05, 0.1) is 37.4 Å². The van der Waals surface area contributed by atoms with Crippen molar-refractivity contribution in [2.75, 3.05) is 19.8 Å². The summed E-state index contributed by atoms with van der Waals surface area (Å²) in [5.41, 5.74) is 0.0683. The summed E-state index contributed by atoms with van der Waals surface area (Å²) >= 11 is 0. The van der Waals surface area contributed by atoms with E-state index in [4.69, 9.17) is 37.9 Å². The number of allylic oxidation sites excluding steroid dienone is 2. The van der Waals surface area contributed by atoms with Crippen LogP contribution in [0.2, 0.25) is 0 Å². The monoisotopic (exact) mass is 1030 g/mol. The summed E-state index contributed by atoms with van der Waals surface area (Å²) in [5, 5.41) is 119. The van der Waals surface area contributed by atoms with Gasteiger partial charge in [-0.25, -0.2) is 0 Å². The lowest BCUT2D eigenvalue weighted by molar-refractivity contribution is -0.382. The van der Waals surface area contributed by atoms with Gasteiger partial charge in [-0.1, -0.05) is 60.1 Å². The van der Waals surface area contributed by atoms with Crippen LogP contribution < -0.4 is 0 Å². The Hall–Kier alpha value is -1.51. The smallest absolute Gasteiger partial charge is 0.310 e. The van der Waals surface area contributed by atoms with Crippen LogP contribution in [-0.2, 0) is 42.7 Å². The van der Waals surface area contributed by atoms with Crippen LogP contribution in [0.1, 0.15) is 120 Å². The first kappa shape index (κ1) is 55.3. The van der Waals surface area contributed by atoms with Crippen LogP contribution in [0.25, 0.3) is 0 Å². The van der Waals surface area contributed by atoms with Crippen molar-refractivity contribution in [3.05, 3.63) is 11.6 Å². The highest BCUT2D eigenvalue weighted by Crippen LogP contribution is 2.76. The molecule has 0 aromatic carbocycles. The molecule has 4 aliphatic heterocycles. The fourth-order valence-corrected chi connectivity index (χ4v) is 16.0. The number of aliphatic carboxylic acids is 1. The average molecular weight is 1030 g/mol. The third kappa shape index (κ3) is 8.87. The molecule has 4 saturated heterocycles. The molecule has 20 heteroatoms. The first-order valence-electron chi connectivity index (χ1n) is 26.5. The van der Waals surface area contributed by atoms with E-state index in [0.29, 0.717) is 25.2 Å². The molecule has 0 bridgehead atoms. The molecule has 8 fully saturated rings. The van der Waals surface area contributed by atoms with Crippen LogP contribution in [0.3, 0.4) is 0 Å². The molecule has 0 aromatic heterocycles. The average Bonchev–Trinajstić information content (AvgIpc) is 3.32. The molecule has 4 heterocycles. The van der Waals surface area contributed by atoms with Gasteiger partial charge >= 0.3 is 5.97 Å². The van der Waals surface area contributed by atoms with Gasteiger partial charge in [-0.3, -0.25) is 4.79 Å². The Morgan fingerprint density at radius 2 is 1.29 bits per heavy atom. The third-order valence-electron chi connectivity index (χ3n) is 20.7. The van der Waals surface area contributed by atoms with Crippen molar-refractivity contribution >= 4 is 5.97 Å². The van der Waals surface area contributed by atoms with Crippen LogP contribution in [0, 0.1) is 50.2 Å². The number of hydrogen-bond donors (Lipinski definition) is 11. The second-order valence-electron chi connectivity index (χ2n) is 25.4. The Balaban J connectivity index is 0.874. The van der Waals surface area contributed by atoms with E-state index < -0.39 is 141 Å². The van der Waals surface area contributed by atoms with E-state index in [1.165, 1.54) is 12.5 Å². The molecule has 26 atom stereocenters. The number of carbonyl (C=O) groups is 1. The molecule has 9 aliphatic rings. The zero-order chi connectivity index (χ0) is 52.4. The van der Waals surface area contributed by atoms with Gasteiger partial charge in [-0.05, 0) is 116 Å². The number of hydrogen-bond acceptors (Lipinski definition) is 19. The molecule has 0 aromatic rings. The minimum absolute atomic E-state index is 0.0208. The molecule has 5 aliphatic carbocycles. The van der Waals surface area contributed by atoms with E-state index in [1.807, 2.05) is 0 Å². The van der Waals surface area contributed by atoms with Crippen molar-refractivity contribution in [3.8, 4) is 0 Å². The summed E-state index contributed by atoms with van der Waals surface area (Å²) in [4.78, 5) is 13.2. The van der Waals surface area contributed by atoms with Crippen molar-refractivity contribution in [1.82, 2.24) is 0 Å². The largest absolute Gasteiger partial charge is 0.481 e. The number of carboxylic acids is 1. The molecule has 3 unspecified atom stereocenters. The van der Waals surface area contributed by atoms with Gasteiger partial charge in [-0.2, -0.15) is 0 Å². The molecule has 72 heavy (non-hydrogen) atoms. The lowest BCUT2D eigenvalue weighted by atomic mass is 9.33. The standard InChI is InChI=1S/C52H84O20/c1-23-32(55)40(71-42-37(60)35(58)28(22-66-42)69-43-38(61)36(59)34(57)27(20-53)68-43)39(62)44(67-23)72-41-33(56)26(54)21-65-45(41)70-31-12-13-49(6)29(48(31,4)5)11-14-51(8)30(49)10-9-24-25-19-47(2,3)15-17-52(25,46(63)64)18-16-50(24,51)7/h9,23,25-45,53-62H,10-22H2,1-8H3,(H,63,64)/t23-,25?,26-,27+,28+,29?,30?,31-,32-,33-,34+,35-,36-,37-,38+,39+,40+,41+,42-,43-,44-,45-,49-,50+,51+,52-/m0/s1. The molecule has 0 spiro atoms. The molecule has 9 rings (SSSR count). The highest BCUT2D eigenvalue weighted by Gasteiger charge is 2.70. The normalized spacial score (nSPS) is 54.3. The van der Waals surface area contributed by atoms with Crippen LogP contribution in [0.4, 0.5) is 0 Å². The molecular formula is C52H84O20. The van der Waals surface area contributed by atoms with E-state index in [1.54, 1.807) is 0 Å². The highest BCUT2D eigenvalue weighted by atomic mass is 16.8. The maximum Gasteiger partial charge on any atom is 0.310 e. The fraction of sp³-hybridized carbons (Fsp3) is 0.942. The quantitative estimate of drug-likeness (QED) is 0.107. The van der Waals surface area contributed by atoms with E-state index in [0.717, 1.165) is 44.9 Å². The summed E-state index contributed by atoms with van der Waals surface area (Å²) in [7, 11) is 0.